The van der Waals surface area contributed by atoms with Crippen LogP contribution in [0, 0.1) is 0 Å². The van der Waals surface area contributed by atoms with Crippen LogP contribution in [0.25, 0.3) is 0 Å². The molecule has 0 aliphatic rings. The number of hydrogen-bond donors (Lipinski definition) is 1. The molecule has 0 saturated carbocycles. The quantitative estimate of drug-likeness (QED) is 0.112. The molecular formula is C28H58NO3+. The molecule has 4 nitrogen and oxygen atoms in total. The van der Waals surface area contributed by atoms with E-state index in [2.05, 4.69) is 27.9 Å². The van der Waals surface area contributed by atoms with Crippen LogP contribution < -0.4 is 0 Å². The Labute approximate surface area is 201 Å². The molecule has 1 atom stereocenters. The Kier molecular flexibility index (Phi) is 21.8. The minimum Gasteiger partial charge on any atom is -0.481 e. The number of quaternary nitrogens is 1. The second-order valence-electron chi connectivity index (χ2n) is 10.5. The largest absolute Gasteiger partial charge is 0.481 e. The van der Waals surface area contributed by atoms with E-state index in [-0.39, 0.29) is 6.42 Å². The minimum atomic E-state index is -0.695. The highest BCUT2D eigenvalue weighted by Crippen LogP contribution is 2.16. The summed E-state index contributed by atoms with van der Waals surface area (Å²) >= 11 is 0. The van der Waals surface area contributed by atoms with E-state index in [4.69, 9.17) is 9.84 Å². The Balaban J connectivity index is 3.59. The Morgan fingerprint density at radius 1 is 0.719 bits per heavy atom. The molecule has 1 N–H and O–H groups in total. The van der Waals surface area contributed by atoms with E-state index in [0.717, 1.165) is 37.0 Å². The number of nitrogens with zero attached hydrogens (tertiary/aromatic N) is 1. The number of carbonyl (C=O) groups is 1. The average Bonchev–Trinajstić information content (AvgIpc) is 2.72. The number of aliphatic carboxylic acids is 1. The first-order valence-electron chi connectivity index (χ1n) is 14.1. The second kappa shape index (κ2) is 22.2. The average molecular weight is 457 g/mol. The summed E-state index contributed by atoms with van der Waals surface area (Å²) < 4.78 is 6.84. The first-order valence-corrected chi connectivity index (χ1v) is 14.1. The summed E-state index contributed by atoms with van der Waals surface area (Å²) in [4.78, 5) is 10.8. The maximum absolute atomic E-state index is 10.8. The fourth-order valence-electron chi connectivity index (χ4n) is 4.68. The number of ether oxygens (including phenoxy) is 1. The molecule has 0 amide bonds. The SMILES string of the molecule is CCCCCCCCCCCCCCCCCCC(C[N+](C)(C)CCCC(=O)O)OCC. The third-order valence-corrected chi connectivity index (χ3v) is 6.63. The van der Waals surface area contributed by atoms with E-state index < -0.39 is 5.97 Å². The Morgan fingerprint density at radius 3 is 1.56 bits per heavy atom. The van der Waals surface area contributed by atoms with Gasteiger partial charge in [0, 0.05) is 13.0 Å². The number of carboxylic acids is 1. The summed E-state index contributed by atoms with van der Waals surface area (Å²) in [6.07, 6.45) is 24.9. The van der Waals surface area contributed by atoms with Gasteiger partial charge < -0.3 is 14.3 Å². The van der Waals surface area contributed by atoms with Gasteiger partial charge in [0.2, 0.25) is 0 Å². The number of hydrogen-bond acceptors (Lipinski definition) is 2. The smallest absolute Gasteiger partial charge is 0.303 e. The highest BCUT2D eigenvalue weighted by molar-refractivity contribution is 5.66. The van der Waals surface area contributed by atoms with Gasteiger partial charge in [-0.1, -0.05) is 110 Å². The van der Waals surface area contributed by atoms with Gasteiger partial charge in [-0.15, -0.1) is 0 Å². The van der Waals surface area contributed by atoms with Crippen LogP contribution >= 0.6 is 0 Å². The fraction of sp³-hybridized carbons (Fsp3) is 0.964. The maximum Gasteiger partial charge on any atom is 0.303 e. The van der Waals surface area contributed by atoms with Crippen LogP contribution in [0.2, 0.25) is 0 Å². The van der Waals surface area contributed by atoms with Crippen molar-refractivity contribution < 1.29 is 19.1 Å². The van der Waals surface area contributed by atoms with Crippen LogP contribution in [0.4, 0.5) is 0 Å². The van der Waals surface area contributed by atoms with Crippen molar-refractivity contribution in [1.82, 2.24) is 0 Å². The summed E-state index contributed by atoms with van der Waals surface area (Å²) in [5.74, 6) is -0.695. The van der Waals surface area contributed by atoms with Crippen LogP contribution in [0.5, 0.6) is 0 Å². The predicted molar refractivity (Wildman–Crippen MR) is 138 cm³/mol. The Hall–Kier alpha value is -0.610. The first kappa shape index (κ1) is 31.4. The first-order chi connectivity index (χ1) is 15.4. The monoisotopic (exact) mass is 456 g/mol. The maximum atomic E-state index is 10.8. The van der Waals surface area contributed by atoms with Crippen LogP contribution in [-0.2, 0) is 9.53 Å². The molecule has 0 bridgehead atoms. The van der Waals surface area contributed by atoms with Gasteiger partial charge >= 0.3 is 5.97 Å². The van der Waals surface area contributed by atoms with Crippen molar-refractivity contribution >= 4 is 5.97 Å². The summed E-state index contributed by atoms with van der Waals surface area (Å²) in [7, 11) is 4.39. The van der Waals surface area contributed by atoms with Gasteiger partial charge in [0.25, 0.3) is 0 Å². The van der Waals surface area contributed by atoms with Crippen LogP contribution in [0.1, 0.15) is 136 Å². The molecule has 0 rings (SSSR count). The molecule has 0 aromatic heterocycles. The van der Waals surface area contributed by atoms with E-state index in [1.54, 1.807) is 0 Å². The lowest BCUT2D eigenvalue weighted by atomic mass is 10.0. The lowest BCUT2D eigenvalue weighted by molar-refractivity contribution is -0.893. The van der Waals surface area contributed by atoms with Gasteiger partial charge in [0.1, 0.15) is 12.6 Å². The summed E-state index contributed by atoms with van der Waals surface area (Å²) in [6.45, 7) is 7.00. The molecule has 0 heterocycles. The molecule has 0 aromatic carbocycles. The summed E-state index contributed by atoms with van der Waals surface area (Å²) in [6, 6.07) is 0. The van der Waals surface area contributed by atoms with Gasteiger partial charge in [-0.3, -0.25) is 4.79 Å². The van der Waals surface area contributed by atoms with Crippen molar-refractivity contribution in [2.24, 2.45) is 0 Å². The van der Waals surface area contributed by atoms with Crippen molar-refractivity contribution in [1.29, 1.82) is 0 Å². The zero-order valence-corrected chi connectivity index (χ0v) is 22.3. The molecule has 0 aliphatic carbocycles. The lowest BCUT2D eigenvalue weighted by Crippen LogP contribution is -2.46. The Morgan fingerprint density at radius 2 is 1.16 bits per heavy atom. The normalized spacial score (nSPS) is 12.9. The Bertz CT molecular complexity index is 411. The van der Waals surface area contributed by atoms with Gasteiger partial charge in [0.15, 0.2) is 0 Å². The third-order valence-electron chi connectivity index (χ3n) is 6.63. The molecule has 32 heavy (non-hydrogen) atoms. The van der Waals surface area contributed by atoms with Crippen molar-refractivity contribution in [3.8, 4) is 0 Å². The molecule has 0 radical (unpaired) electrons. The molecule has 0 aliphatic heterocycles. The fourth-order valence-corrected chi connectivity index (χ4v) is 4.68. The second-order valence-corrected chi connectivity index (χ2v) is 10.5. The molecule has 0 saturated heterocycles. The van der Waals surface area contributed by atoms with Crippen LogP contribution in [0.3, 0.4) is 0 Å². The third kappa shape index (κ3) is 22.6. The highest BCUT2D eigenvalue weighted by atomic mass is 16.5. The standard InChI is InChI=1S/C28H57NO3/c1-5-7-8-9-10-11-12-13-14-15-16-17-18-19-20-21-23-27(32-6-2)26-29(3,4)25-22-24-28(30)31/h27H,5-26H2,1-4H3/p+1. The molecule has 0 spiro atoms. The molecule has 192 valence electrons. The summed E-state index contributed by atoms with van der Waals surface area (Å²) in [5.41, 5.74) is 0. The highest BCUT2D eigenvalue weighted by Gasteiger charge is 2.22. The van der Waals surface area contributed by atoms with E-state index in [1.807, 2.05) is 0 Å². The minimum absolute atomic E-state index is 0.264. The van der Waals surface area contributed by atoms with E-state index in [0.29, 0.717) is 6.10 Å². The van der Waals surface area contributed by atoms with Gasteiger partial charge in [-0.25, -0.2) is 0 Å². The van der Waals surface area contributed by atoms with Gasteiger partial charge in [-0.2, -0.15) is 0 Å². The zero-order valence-electron chi connectivity index (χ0n) is 22.3. The molecule has 1 unspecified atom stereocenters. The molecular weight excluding hydrogens is 398 g/mol. The van der Waals surface area contributed by atoms with Crippen LogP contribution in [0.15, 0.2) is 0 Å². The molecule has 0 aromatic rings. The van der Waals surface area contributed by atoms with E-state index in [9.17, 15) is 4.79 Å². The van der Waals surface area contributed by atoms with E-state index in [1.165, 1.54) is 103 Å². The van der Waals surface area contributed by atoms with Crippen molar-refractivity contribution in [2.75, 3.05) is 33.8 Å². The van der Waals surface area contributed by atoms with Crippen molar-refractivity contribution in [3.63, 3.8) is 0 Å². The number of likely N-dealkylation sites (N-methyl/N-ethyl adjacent to an activating group) is 1. The molecule has 0 fully saturated rings. The topological polar surface area (TPSA) is 46.5 Å². The summed E-state index contributed by atoms with van der Waals surface area (Å²) in [5, 5.41) is 8.85. The lowest BCUT2D eigenvalue weighted by Gasteiger charge is -2.33. The van der Waals surface area contributed by atoms with Crippen LogP contribution in [-0.4, -0.2) is 55.5 Å². The van der Waals surface area contributed by atoms with Gasteiger partial charge in [-0.05, 0) is 13.3 Å². The predicted octanol–water partition coefficient (Wildman–Crippen LogP) is 7.98. The van der Waals surface area contributed by atoms with Crippen molar-refractivity contribution in [3.05, 3.63) is 0 Å². The zero-order chi connectivity index (χ0) is 23.9. The van der Waals surface area contributed by atoms with E-state index >= 15 is 0 Å². The number of rotatable bonds is 25. The van der Waals surface area contributed by atoms with Gasteiger partial charge in [0.05, 0.1) is 27.1 Å². The van der Waals surface area contributed by atoms with Crippen molar-refractivity contribution in [2.45, 2.75) is 142 Å². The number of carboxylic acid groups (broad SMARTS) is 1. The number of unbranched alkanes of at least 4 members (excludes halogenated alkanes) is 15. The molecule has 4 heteroatoms.